The molecule has 4 nitrogen and oxygen atoms in total. The minimum atomic E-state index is -0.533. The van der Waals surface area contributed by atoms with Crippen LogP contribution in [0.3, 0.4) is 0 Å². The Kier molecular flexibility index (Phi) is 5.41. The molecule has 4 heteroatoms. The van der Waals surface area contributed by atoms with Crippen molar-refractivity contribution in [2.75, 3.05) is 20.3 Å². The lowest BCUT2D eigenvalue weighted by Gasteiger charge is -2.18. The normalized spacial score (nSPS) is 14.6. The summed E-state index contributed by atoms with van der Waals surface area (Å²) in [4.78, 5) is 0. The van der Waals surface area contributed by atoms with Gasteiger partial charge in [-0.25, -0.2) is 0 Å². The summed E-state index contributed by atoms with van der Waals surface area (Å²) < 4.78 is 4.85. The van der Waals surface area contributed by atoms with E-state index in [4.69, 9.17) is 4.74 Å². The van der Waals surface area contributed by atoms with E-state index in [-0.39, 0.29) is 11.8 Å². The Hall–Kier alpha value is -1.10. The summed E-state index contributed by atoms with van der Waals surface area (Å²) in [5.41, 5.74) is 1.94. The van der Waals surface area contributed by atoms with Crippen molar-refractivity contribution >= 4 is 0 Å². The average Bonchev–Trinajstić information content (AvgIpc) is 2.29. The smallest absolute Gasteiger partial charge is 0.120 e. The number of methoxy groups -OCH3 is 1. The van der Waals surface area contributed by atoms with Crippen LogP contribution in [0, 0.1) is 6.92 Å². The van der Waals surface area contributed by atoms with Crippen LogP contribution in [0.5, 0.6) is 5.75 Å². The topological polar surface area (TPSA) is 61.7 Å². The molecule has 0 aliphatic rings. The van der Waals surface area contributed by atoms with Gasteiger partial charge in [0.15, 0.2) is 0 Å². The number of aryl methyl sites for hydroxylation is 1. The van der Waals surface area contributed by atoms with Gasteiger partial charge in [-0.1, -0.05) is 17.7 Å². The average molecular weight is 239 g/mol. The summed E-state index contributed by atoms with van der Waals surface area (Å²) in [5, 5.41) is 22.4. The van der Waals surface area contributed by atoms with Crippen LogP contribution in [0.2, 0.25) is 0 Å². The van der Waals surface area contributed by atoms with Crippen molar-refractivity contribution < 1.29 is 14.9 Å². The Morgan fingerprint density at radius 1 is 1.41 bits per heavy atom. The molecule has 3 N–H and O–H groups in total. The highest BCUT2D eigenvalue weighted by Crippen LogP contribution is 2.24. The third kappa shape index (κ3) is 4.34. The molecule has 96 valence electrons. The van der Waals surface area contributed by atoms with Crippen LogP contribution in [-0.4, -0.2) is 36.6 Å². The lowest BCUT2D eigenvalue weighted by Crippen LogP contribution is -2.31. The van der Waals surface area contributed by atoms with Crippen LogP contribution in [0.4, 0.5) is 0 Å². The first-order chi connectivity index (χ1) is 8.04. The molecule has 0 saturated carbocycles. The van der Waals surface area contributed by atoms with Gasteiger partial charge in [0.2, 0.25) is 0 Å². The zero-order valence-corrected chi connectivity index (χ0v) is 10.6. The first-order valence-electron chi connectivity index (χ1n) is 5.74. The molecule has 1 aromatic rings. The van der Waals surface area contributed by atoms with Crippen molar-refractivity contribution in [3.05, 3.63) is 29.3 Å². The van der Waals surface area contributed by atoms with E-state index in [2.05, 4.69) is 5.32 Å². The number of phenols is 1. The molecule has 0 radical (unpaired) electrons. The Labute approximate surface area is 102 Å². The van der Waals surface area contributed by atoms with Gasteiger partial charge >= 0.3 is 0 Å². The molecular formula is C13H21NO3. The second kappa shape index (κ2) is 6.59. The number of hydrogen-bond acceptors (Lipinski definition) is 4. The van der Waals surface area contributed by atoms with Crippen molar-refractivity contribution in [2.24, 2.45) is 0 Å². The summed E-state index contributed by atoms with van der Waals surface area (Å²) in [5.74, 6) is 0.275. The first kappa shape index (κ1) is 14.0. The fraction of sp³-hybridized carbons (Fsp3) is 0.538. The number of benzene rings is 1. The second-order valence-electron chi connectivity index (χ2n) is 4.30. The number of aliphatic hydroxyl groups excluding tert-OH is 1. The van der Waals surface area contributed by atoms with Crippen molar-refractivity contribution in [1.29, 1.82) is 0 Å². The van der Waals surface area contributed by atoms with E-state index in [9.17, 15) is 10.2 Å². The van der Waals surface area contributed by atoms with Crippen molar-refractivity contribution in [3.8, 4) is 5.75 Å². The van der Waals surface area contributed by atoms with Crippen LogP contribution in [0.1, 0.15) is 24.1 Å². The van der Waals surface area contributed by atoms with Crippen LogP contribution >= 0.6 is 0 Å². The molecule has 0 fully saturated rings. The molecule has 2 atom stereocenters. The highest BCUT2D eigenvalue weighted by Gasteiger charge is 2.12. The Morgan fingerprint density at radius 3 is 2.76 bits per heavy atom. The summed E-state index contributed by atoms with van der Waals surface area (Å²) in [6, 6.07) is 5.48. The molecule has 17 heavy (non-hydrogen) atoms. The Bertz CT molecular complexity index is 355. The molecule has 0 bridgehead atoms. The first-order valence-corrected chi connectivity index (χ1v) is 5.74. The number of hydrogen-bond donors (Lipinski definition) is 3. The van der Waals surface area contributed by atoms with Crippen molar-refractivity contribution in [1.82, 2.24) is 5.32 Å². The van der Waals surface area contributed by atoms with Crippen LogP contribution in [-0.2, 0) is 4.74 Å². The minimum Gasteiger partial charge on any atom is -0.508 e. The number of aliphatic hydroxyl groups is 1. The van der Waals surface area contributed by atoms with Crippen molar-refractivity contribution in [2.45, 2.75) is 26.0 Å². The van der Waals surface area contributed by atoms with Crippen LogP contribution < -0.4 is 5.32 Å². The molecule has 0 amide bonds. The fourth-order valence-electron chi connectivity index (χ4n) is 1.69. The summed E-state index contributed by atoms with van der Waals surface area (Å²) in [7, 11) is 1.55. The maximum absolute atomic E-state index is 9.75. The third-order valence-corrected chi connectivity index (χ3v) is 2.67. The van der Waals surface area contributed by atoms with E-state index in [0.717, 1.165) is 11.1 Å². The van der Waals surface area contributed by atoms with E-state index in [0.29, 0.717) is 13.2 Å². The maximum Gasteiger partial charge on any atom is 0.120 e. The van der Waals surface area contributed by atoms with E-state index in [1.807, 2.05) is 26.0 Å². The number of ether oxygens (including phenoxy) is 1. The molecule has 0 saturated heterocycles. The van der Waals surface area contributed by atoms with Gasteiger partial charge in [-0.05, 0) is 19.9 Å². The van der Waals surface area contributed by atoms with Gasteiger partial charge < -0.3 is 20.3 Å². The van der Waals surface area contributed by atoms with E-state index in [1.54, 1.807) is 13.2 Å². The minimum absolute atomic E-state index is 0.0126. The number of aromatic hydroxyl groups is 1. The molecule has 2 unspecified atom stereocenters. The molecule has 0 spiro atoms. The monoisotopic (exact) mass is 239 g/mol. The predicted octanol–water partition coefficient (Wildman–Crippen LogP) is 1.36. The number of rotatable bonds is 6. The maximum atomic E-state index is 9.75. The van der Waals surface area contributed by atoms with Gasteiger partial charge in [0.25, 0.3) is 0 Å². The quantitative estimate of drug-likeness (QED) is 0.701. The van der Waals surface area contributed by atoms with Gasteiger partial charge in [-0.2, -0.15) is 0 Å². The lowest BCUT2D eigenvalue weighted by atomic mass is 10.0. The number of phenolic OH excluding ortho intramolecular Hbond substituents is 1. The Balaban J connectivity index is 2.57. The molecule has 0 heterocycles. The van der Waals surface area contributed by atoms with Crippen LogP contribution in [0.25, 0.3) is 0 Å². The molecule has 1 aromatic carbocycles. The second-order valence-corrected chi connectivity index (χ2v) is 4.30. The fourth-order valence-corrected chi connectivity index (χ4v) is 1.69. The van der Waals surface area contributed by atoms with E-state index in [1.165, 1.54) is 0 Å². The predicted molar refractivity (Wildman–Crippen MR) is 67.1 cm³/mol. The van der Waals surface area contributed by atoms with Gasteiger partial charge in [-0.3, -0.25) is 0 Å². The number of nitrogens with one attached hydrogen (secondary N) is 1. The zero-order chi connectivity index (χ0) is 12.8. The van der Waals surface area contributed by atoms with Gasteiger partial charge in [0, 0.05) is 25.3 Å². The summed E-state index contributed by atoms with van der Waals surface area (Å²) in [6.07, 6.45) is -0.533. The third-order valence-electron chi connectivity index (χ3n) is 2.67. The standard InChI is InChI=1S/C13H21NO3/c1-9-4-5-13(16)12(6-9)10(2)14-7-11(15)8-17-3/h4-6,10-11,14-16H,7-8H2,1-3H3. The zero-order valence-electron chi connectivity index (χ0n) is 10.6. The molecule has 0 aliphatic heterocycles. The SMILES string of the molecule is COCC(O)CNC(C)c1cc(C)ccc1O. The molecule has 0 aromatic heterocycles. The Morgan fingerprint density at radius 2 is 2.12 bits per heavy atom. The van der Waals surface area contributed by atoms with E-state index >= 15 is 0 Å². The van der Waals surface area contributed by atoms with E-state index < -0.39 is 6.10 Å². The molecule has 1 rings (SSSR count). The molecular weight excluding hydrogens is 218 g/mol. The van der Waals surface area contributed by atoms with Gasteiger partial charge in [0.1, 0.15) is 5.75 Å². The van der Waals surface area contributed by atoms with Crippen LogP contribution in [0.15, 0.2) is 18.2 Å². The summed E-state index contributed by atoms with van der Waals surface area (Å²) in [6.45, 7) is 4.67. The van der Waals surface area contributed by atoms with Gasteiger partial charge in [0.05, 0.1) is 12.7 Å². The lowest BCUT2D eigenvalue weighted by molar-refractivity contribution is 0.0630. The summed E-state index contributed by atoms with van der Waals surface area (Å²) >= 11 is 0. The van der Waals surface area contributed by atoms with Gasteiger partial charge in [-0.15, -0.1) is 0 Å². The van der Waals surface area contributed by atoms with Crippen molar-refractivity contribution in [3.63, 3.8) is 0 Å². The molecule has 0 aliphatic carbocycles. The largest absolute Gasteiger partial charge is 0.508 e. The highest BCUT2D eigenvalue weighted by molar-refractivity contribution is 5.37. The highest BCUT2D eigenvalue weighted by atomic mass is 16.5.